The van der Waals surface area contributed by atoms with Gasteiger partial charge < -0.3 is 15.5 Å². The third-order valence-corrected chi connectivity index (χ3v) is 2.80. The van der Waals surface area contributed by atoms with Crippen molar-refractivity contribution < 1.29 is 9.18 Å². The van der Waals surface area contributed by atoms with Gasteiger partial charge in [-0.25, -0.2) is 4.39 Å². The number of carbonyl (C=O) groups excluding carboxylic acids is 1. The van der Waals surface area contributed by atoms with Crippen molar-refractivity contribution in [2.24, 2.45) is 0 Å². The number of halogens is 1. The van der Waals surface area contributed by atoms with Crippen molar-refractivity contribution in [1.82, 2.24) is 10.2 Å². The summed E-state index contributed by atoms with van der Waals surface area (Å²) >= 11 is 0. The fourth-order valence-corrected chi connectivity index (χ4v) is 1.72. The Hall–Kier alpha value is -1.46. The van der Waals surface area contributed by atoms with Crippen molar-refractivity contribution in [3.8, 4) is 0 Å². The standard InChI is InChI=1S/C14H22FN3O/c1-16-8-4-9-18(2)10-7-14(19)17-13-6-3-5-12(15)11-13/h3,5-6,11,16H,4,7-10H2,1-2H3,(H,17,19). The Morgan fingerprint density at radius 3 is 2.84 bits per heavy atom. The van der Waals surface area contributed by atoms with E-state index < -0.39 is 0 Å². The normalized spacial score (nSPS) is 10.7. The van der Waals surface area contributed by atoms with Crippen LogP contribution < -0.4 is 10.6 Å². The smallest absolute Gasteiger partial charge is 0.225 e. The third kappa shape index (κ3) is 6.88. The van der Waals surface area contributed by atoms with Gasteiger partial charge in [-0.3, -0.25) is 4.79 Å². The first-order valence-corrected chi connectivity index (χ1v) is 6.50. The lowest BCUT2D eigenvalue weighted by atomic mass is 10.3. The van der Waals surface area contributed by atoms with Gasteiger partial charge in [-0.1, -0.05) is 6.07 Å². The van der Waals surface area contributed by atoms with Crippen molar-refractivity contribution >= 4 is 11.6 Å². The fraction of sp³-hybridized carbons (Fsp3) is 0.500. The summed E-state index contributed by atoms with van der Waals surface area (Å²) in [6.07, 6.45) is 1.46. The molecular weight excluding hydrogens is 245 g/mol. The summed E-state index contributed by atoms with van der Waals surface area (Å²) in [4.78, 5) is 13.8. The molecule has 0 heterocycles. The first-order valence-electron chi connectivity index (χ1n) is 6.50. The minimum atomic E-state index is -0.345. The fourth-order valence-electron chi connectivity index (χ4n) is 1.72. The van der Waals surface area contributed by atoms with Gasteiger partial charge in [-0.05, 0) is 51.8 Å². The van der Waals surface area contributed by atoms with Crippen LogP contribution in [0.3, 0.4) is 0 Å². The molecule has 0 bridgehead atoms. The summed E-state index contributed by atoms with van der Waals surface area (Å²) in [6.45, 7) is 2.62. The molecule has 0 aliphatic rings. The van der Waals surface area contributed by atoms with Gasteiger partial charge in [0.05, 0.1) is 0 Å². The number of rotatable bonds is 8. The average Bonchev–Trinajstić information content (AvgIpc) is 2.37. The molecule has 0 atom stereocenters. The van der Waals surface area contributed by atoms with Crippen LogP contribution in [0.15, 0.2) is 24.3 Å². The molecular formula is C14H22FN3O. The topological polar surface area (TPSA) is 44.4 Å². The predicted molar refractivity (Wildman–Crippen MR) is 75.7 cm³/mol. The molecule has 1 amide bonds. The molecule has 1 aromatic rings. The Bertz CT molecular complexity index is 398. The summed E-state index contributed by atoms with van der Waals surface area (Å²) in [5.74, 6) is -0.437. The lowest BCUT2D eigenvalue weighted by molar-refractivity contribution is -0.116. The van der Waals surface area contributed by atoms with Gasteiger partial charge in [-0.2, -0.15) is 0 Å². The Labute approximate surface area is 114 Å². The molecule has 0 aliphatic carbocycles. The van der Waals surface area contributed by atoms with Crippen LogP contribution in [0.1, 0.15) is 12.8 Å². The van der Waals surface area contributed by atoms with E-state index in [9.17, 15) is 9.18 Å². The first kappa shape index (κ1) is 15.6. The van der Waals surface area contributed by atoms with Crippen LogP contribution in [-0.2, 0) is 4.79 Å². The summed E-state index contributed by atoms with van der Waals surface area (Å²) < 4.78 is 12.9. The quantitative estimate of drug-likeness (QED) is 0.705. The predicted octanol–water partition coefficient (Wildman–Crippen LogP) is 1.70. The van der Waals surface area contributed by atoms with Gasteiger partial charge in [0.25, 0.3) is 0 Å². The largest absolute Gasteiger partial charge is 0.326 e. The molecule has 0 spiro atoms. The molecule has 2 N–H and O–H groups in total. The molecule has 1 rings (SSSR count). The maximum atomic E-state index is 12.9. The van der Waals surface area contributed by atoms with Crippen LogP contribution in [-0.4, -0.2) is 44.5 Å². The van der Waals surface area contributed by atoms with Gasteiger partial charge in [0, 0.05) is 18.7 Å². The van der Waals surface area contributed by atoms with Gasteiger partial charge in [-0.15, -0.1) is 0 Å². The van der Waals surface area contributed by atoms with Gasteiger partial charge in [0.15, 0.2) is 0 Å². The summed E-state index contributed by atoms with van der Waals surface area (Å²) in [6, 6.07) is 5.92. The molecule has 0 fully saturated rings. The first-order chi connectivity index (χ1) is 9.11. The van der Waals surface area contributed by atoms with Crippen molar-refractivity contribution in [2.45, 2.75) is 12.8 Å². The third-order valence-electron chi connectivity index (χ3n) is 2.80. The molecule has 0 radical (unpaired) electrons. The van der Waals surface area contributed by atoms with E-state index >= 15 is 0 Å². The number of hydrogen-bond acceptors (Lipinski definition) is 3. The summed E-state index contributed by atoms with van der Waals surface area (Å²) in [5.41, 5.74) is 0.503. The highest BCUT2D eigenvalue weighted by molar-refractivity contribution is 5.90. The number of carbonyl (C=O) groups is 1. The van der Waals surface area contributed by atoms with E-state index in [0.29, 0.717) is 18.7 Å². The highest BCUT2D eigenvalue weighted by Crippen LogP contribution is 2.09. The summed E-state index contributed by atoms with van der Waals surface area (Å²) in [7, 11) is 3.91. The van der Waals surface area contributed by atoms with Crippen molar-refractivity contribution in [3.05, 3.63) is 30.1 Å². The van der Waals surface area contributed by atoms with Gasteiger partial charge in [0.1, 0.15) is 5.82 Å². The Kier molecular flexibility index (Phi) is 7.07. The van der Waals surface area contributed by atoms with Crippen molar-refractivity contribution in [2.75, 3.05) is 39.0 Å². The van der Waals surface area contributed by atoms with Crippen LogP contribution in [0.5, 0.6) is 0 Å². The highest BCUT2D eigenvalue weighted by Gasteiger charge is 2.05. The molecule has 4 nitrogen and oxygen atoms in total. The van der Waals surface area contributed by atoms with E-state index in [-0.39, 0.29) is 11.7 Å². The number of anilines is 1. The van der Waals surface area contributed by atoms with Crippen LogP contribution in [0.25, 0.3) is 0 Å². The zero-order chi connectivity index (χ0) is 14.1. The number of hydrogen-bond donors (Lipinski definition) is 2. The van der Waals surface area contributed by atoms with E-state index in [1.165, 1.54) is 12.1 Å². The minimum Gasteiger partial charge on any atom is -0.326 e. The zero-order valence-corrected chi connectivity index (χ0v) is 11.6. The van der Waals surface area contributed by atoms with E-state index in [4.69, 9.17) is 0 Å². The number of nitrogens with zero attached hydrogens (tertiary/aromatic N) is 1. The SMILES string of the molecule is CNCCCN(C)CCC(=O)Nc1cccc(F)c1. The Morgan fingerprint density at radius 1 is 1.37 bits per heavy atom. The molecule has 0 aliphatic heterocycles. The van der Waals surface area contributed by atoms with E-state index in [1.807, 2.05) is 14.1 Å². The molecule has 1 aromatic carbocycles. The summed E-state index contributed by atoms with van der Waals surface area (Å²) in [5, 5.41) is 5.77. The van der Waals surface area contributed by atoms with E-state index in [2.05, 4.69) is 15.5 Å². The molecule has 0 aromatic heterocycles. The lowest BCUT2D eigenvalue weighted by Gasteiger charge is -2.16. The second kappa shape index (κ2) is 8.61. The maximum absolute atomic E-state index is 12.9. The lowest BCUT2D eigenvalue weighted by Crippen LogP contribution is -2.26. The molecule has 19 heavy (non-hydrogen) atoms. The second-order valence-corrected chi connectivity index (χ2v) is 4.57. The maximum Gasteiger partial charge on any atom is 0.225 e. The highest BCUT2D eigenvalue weighted by atomic mass is 19.1. The molecule has 0 saturated carbocycles. The van der Waals surface area contributed by atoms with Crippen molar-refractivity contribution in [1.29, 1.82) is 0 Å². The van der Waals surface area contributed by atoms with Crippen LogP contribution in [0.2, 0.25) is 0 Å². The average molecular weight is 267 g/mol. The number of benzene rings is 1. The van der Waals surface area contributed by atoms with E-state index in [1.54, 1.807) is 12.1 Å². The monoisotopic (exact) mass is 267 g/mol. The van der Waals surface area contributed by atoms with Crippen molar-refractivity contribution in [3.63, 3.8) is 0 Å². The zero-order valence-electron chi connectivity index (χ0n) is 11.6. The van der Waals surface area contributed by atoms with Crippen LogP contribution in [0.4, 0.5) is 10.1 Å². The molecule has 0 saturated heterocycles. The molecule has 106 valence electrons. The minimum absolute atomic E-state index is 0.0916. The molecule has 0 unspecified atom stereocenters. The van der Waals surface area contributed by atoms with Gasteiger partial charge in [0.2, 0.25) is 5.91 Å². The van der Waals surface area contributed by atoms with Crippen LogP contribution >= 0.6 is 0 Å². The van der Waals surface area contributed by atoms with E-state index in [0.717, 1.165) is 19.5 Å². The van der Waals surface area contributed by atoms with Gasteiger partial charge >= 0.3 is 0 Å². The number of amides is 1. The Balaban J connectivity index is 2.24. The molecule has 5 heteroatoms. The number of nitrogens with one attached hydrogen (secondary N) is 2. The Morgan fingerprint density at radius 2 is 2.16 bits per heavy atom. The van der Waals surface area contributed by atoms with Crippen LogP contribution in [0, 0.1) is 5.82 Å². The second-order valence-electron chi connectivity index (χ2n) is 4.57.